The van der Waals surface area contributed by atoms with Gasteiger partial charge in [-0.25, -0.2) is 0 Å². The Hall–Kier alpha value is -1.79. The Morgan fingerprint density at radius 2 is 1.76 bits per heavy atom. The van der Waals surface area contributed by atoms with Crippen LogP contribution in [0, 0.1) is 0 Å². The standard InChI is InChI=1S/C10H11F3N2O2/c1-2-9(11,15(17)14-16)10(12,13)8-6-4-3-5-7-8/h3-7,17H,2H2,1H3/p+1. The van der Waals surface area contributed by atoms with Gasteiger partial charge in [0.25, 0.3) is 0 Å². The molecule has 1 aromatic carbocycles. The summed E-state index contributed by atoms with van der Waals surface area (Å²) in [5.74, 6) is -7.53. The smallest absolute Gasteiger partial charge is 0.359 e. The van der Waals surface area contributed by atoms with Crippen LogP contribution >= 0.6 is 0 Å². The molecule has 4 nitrogen and oxygen atoms in total. The molecule has 1 rings (SSSR count). The van der Waals surface area contributed by atoms with E-state index in [-0.39, 0.29) is 0 Å². The summed E-state index contributed by atoms with van der Waals surface area (Å²) in [6, 6.07) is 6.18. The van der Waals surface area contributed by atoms with E-state index in [0.29, 0.717) is 0 Å². The molecule has 0 aromatic heterocycles. The molecule has 1 unspecified atom stereocenters. The molecule has 94 valence electrons. The van der Waals surface area contributed by atoms with Gasteiger partial charge >= 0.3 is 11.7 Å². The second kappa shape index (κ2) is 4.60. The molecule has 0 bridgehead atoms. The number of nitrogens with zero attached hydrogens (tertiary/aromatic N) is 2. The maximum atomic E-state index is 14.1. The van der Waals surface area contributed by atoms with Gasteiger partial charge in [0.1, 0.15) is 0 Å². The fourth-order valence-corrected chi connectivity index (χ4v) is 1.43. The molecule has 0 saturated heterocycles. The van der Waals surface area contributed by atoms with Crippen molar-refractivity contribution in [2.24, 2.45) is 5.28 Å². The highest BCUT2D eigenvalue weighted by Crippen LogP contribution is 2.43. The van der Waals surface area contributed by atoms with E-state index in [9.17, 15) is 13.2 Å². The van der Waals surface area contributed by atoms with Gasteiger partial charge in [-0.05, 0) is 0 Å². The average molecular weight is 249 g/mol. The molecule has 0 spiro atoms. The first-order valence-corrected chi connectivity index (χ1v) is 4.86. The number of halogens is 3. The van der Waals surface area contributed by atoms with Crippen LogP contribution in [0.4, 0.5) is 13.2 Å². The zero-order valence-electron chi connectivity index (χ0n) is 9.02. The molecule has 17 heavy (non-hydrogen) atoms. The molecule has 0 aliphatic rings. The Labute approximate surface area is 95.5 Å². The van der Waals surface area contributed by atoms with Crippen LogP contribution in [0.25, 0.3) is 0 Å². The lowest BCUT2D eigenvalue weighted by atomic mass is 9.97. The molecule has 0 radical (unpaired) electrons. The van der Waals surface area contributed by atoms with E-state index < -0.39 is 28.6 Å². The molecule has 1 aromatic rings. The molecule has 7 heteroatoms. The number of hydrogen-bond donors (Lipinski definition) is 2. The molecule has 0 saturated carbocycles. The summed E-state index contributed by atoms with van der Waals surface area (Å²) in [4.78, 5) is -0.764. The average Bonchev–Trinajstić information content (AvgIpc) is 2.37. The zero-order chi connectivity index (χ0) is 13.1. The Balaban J connectivity index is 3.29. The highest BCUT2D eigenvalue weighted by atomic mass is 19.3. The second-order valence-electron chi connectivity index (χ2n) is 3.43. The van der Waals surface area contributed by atoms with Crippen LogP contribution in [-0.4, -0.2) is 21.1 Å². The summed E-state index contributed by atoms with van der Waals surface area (Å²) in [5.41, 5.74) is -0.618. The van der Waals surface area contributed by atoms with Crippen molar-refractivity contribution in [3.63, 3.8) is 0 Å². The molecule has 0 fully saturated rings. The van der Waals surface area contributed by atoms with E-state index in [0.717, 1.165) is 19.1 Å². The third kappa shape index (κ3) is 2.04. The summed E-state index contributed by atoms with van der Waals surface area (Å²) < 4.78 is 41.8. The summed E-state index contributed by atoms with van der Waals surface area (Å²) in [6.45, 7) is 1.10. The Kier molecular flexibility index (Phi) is 3.59. The van der Waals surface area contributed by atoms with Gasteiger partial charge in [-0.15, -0.1) is 0 Å². The quantitative estimate of drug-likeness (QED) is 0.373. The first-order valence-electron chi connectivity index (χ1n) is 4.86. The van der Waals surface area contributed by atoms with Crippen LogP contribution in [0.3, 0.4) is 0 Å². The molecule has 0 amide bonds. The van der Waals surface area contributed by atoms with Crippen molar-refractivity contribution in [2.45, 2.75) is 25.1 Å². The fraction of sp³-hybridized carbons (Fsp3) is 0.400. The molecule has 2 N–H and O–H groups in total. The maximum Gasteiger partial charge on any atom is 0.445 e. The van der Waals surface area contributed by atoms with E-state index in [1.807, 2.05) is 0 Å². The molecule has 0 aliphatic heterocycles. The largest absolute Gasteiger partial charge is 0.445 e. The van der Waals surface area contributed by atoms with Gasteiger partial charge in [0, 0.05) is 5.56 Å². The van der Waals surface area contributed by atoms with E-state index in [1.54, 1.807) is 0 Å². The molecular formula is C10H12F3N2O2+. The molecule has 1 atom stereocenters. The first kappa shape index (κ1) is 13.3. The molecule has 0 aliphatic carbocycles. The molecule has 0 heterocycles. The first-order chi connectivity index (χ1) is 7.90. The van der Waals surface area contributed by atoms with Gasteiger partial charge in [-0.2, -0.15) is 13.2 Å². The second-order valence-corrected chi connectivity index (χ2v) is 3.43. The zero-order valence-corrected chi connectivity index (χ0v) is 9.02. The predicted molar refractivity (Wildman–Crippen MR) is 50.7 cm³/mol. The Morgan fingerprint density at radius 3 is 2.18 bits per heavy atom. The van der Waals surface area contributed by atoms with Gasteiger partial charge < -0.3 is 5.21 Å². The van der Waals surface area contributed by atoms with Crippen LogP contribution in [0.5, 0.6) is 0 Å². The van der Waals surface area contributed by atoms with Gasteiger partial charge in [-0.1, -0.05) is 37.3 Å². The van der Waals surface area contributed by atoms with Crippen LogP contribution in [0.2, 0.25) is 0 Å². The van der Waals surface area contributed by atoms with E-state index in [1.165, 1.54) is 18.2 Å². The van der Waals surface area contributed by atoms with Gasteiger partial charge in [-0.3, -0.25) is 5.21 Å². The van der Waals surface area contributed by atoms with Crippen LogP contribution < -0.4 is 0 Å². The lowest BCUT2D eigenvalue weighted by molar-refractivity contribution is -0.914. The van der Waals surface area contributed by atoms with E-state index in [2.05, 4.69) is 5.28 Å². The van der Waals surface area contributed by atoms with Gasteiger partial charge in [0.15, 0.2) is 4.86 Å². The van der Waals surface area contributed by atoms with Gasteiger partial charge in [0.2, 0.25) is 5.28 Å². The van der Waals surface area contributed by atoms with Crippen molar-refractivity contribution in [1.29, 1.82) is 0 Å². The number of rotatable bonds is 4. The van der Waals surface area contributed by atoms with Crippen molar-refractivity contribution < 1.29 is 28.4 Å². The molecular weight excluding hydrogens is 237 g/mol. The minimum atomic E-state index is -4.02. The van der Waals surface area contributed by atoms with Gasteiger partial charge in [0.05, 0.1) is 6.42 Å². The van der Waals surface area contributed by atoms with Crippen molar-refractivity contribution in [3.8, 4) is 0 Å². The third-order valence-electron chi connectivity index (χ3n) is 2.49. The normalized spacial score (nSPS) is 16.6. The van der Waals surface area contributed by atoms with E-state index >= 15 is 0 Å². The summed E-state index contributed by atoms with van der Waals surface area (Å²) in [7, 11) is 0. The Bertz CT molecular complexity index is 411. The van der Waals surface area contributed by atoms with Crippen LogP contribution in [-0.2, 0) is 5.92 Å². The van der Waals surface area contributed by atoms with Crippen LogP contribution in [0.15, 0.2) is 35.6 Å². The number of hydroxylamine groups is 1. The minimum Gasteiger partial charge on any atom is -0.359 e. The highest BCUT2D eigenvalue weighted by Gasteiger charge is 2.67. The van der Waals surface area contributed by atoms with Crippen molar-refractivity contribution in [1.82, 2.24) is 0 Å². The van der Waals surface area contributed by atoms with Crippen molar-refractivity contribution in [2.75, 3.05) is 0 Å². The monoisotopic (exact) mass is 249 g/mol. The summed E-state index contributed by atoms with van der Waals surface area (Å²) in [5, 5.41) is 19.2. The lowest BCUT2D eigenvalue weighted by Crippen LogP contribution is -2.49. The number of benzene rings is 1. The highest BCUT2D eigenvalue weighted by molar-refractivity contribution is 5.22. The number of hydrogen-bond acceptors (Lipinski definition) is 1. The predicted octanol–water partition coefficient (Wildman–Crippen LogP) is 3.10. The fourth-order valence-electron chi connectivity index (χ4n) is 1.43. The summed E-state index contributed by atoms with van der Waals surface area (Å²) in [6.07, 6.45) is -0.768. The summed E-state index contributed by atoms with van der Waals surface area (Å²) >= 11 is 0. The SMILES string of the molecule is CCC(F)(/[N+](O)=N/O)C(F)(F)c1ccccc1. The topological polar surface area (TPSA) is 55.8 Å². The number of alkyl halides is 3. The van der Waals surface area contributed by atoms with Crippen LogP contribution in [0.1, 0.15) is 18.9 Å². The maximum absolute atomic E-state index is 14.1. The lowest BCUT2D eigenvalue weighted by Gasteiger charge is -2.23. The minimum absolute atomic E-state index is 0.618. The van der Waals surface area contributed by atoms with Crippen molar-refractivity contribution >= 4 is 0 Å². The Morgan fingerprint density at radius 1 is 1.24 bits per heavy atom. The third-order valence-corrected chi connectivity index (χ3v) is 2.49. The van der Waals surface area contributed by atoms with E-state index in [4.69, 9.17) is 10.4 Å². The van der Waals surface area contributed by atoms with Crippen molar-refractivity contribution in [3.05, 3.63) is 35.9 Å².